The van der Waals surface area contributed by atoms with Crippen LogP contribution in [0, 0.1) is 0 Å². The number of hydrogen-bond acceptors (Lipinski definition) is 10. The third kappa shape index (κ3) is 15.8. The van der Waals surface area contributed by atoms with Crippen LogP contribution in [0.15, 0.2) is 0 Å². The molecule has 0 aliphatic carbocycles. The zero-order chi connectivity index (χ0) is 13.0. The van der Waals surface area contributed by atoms with Crippen molar-refractivity contribution in [2.24, 2.45) is 0 Å². The third-order valence-electron chi connectivity index (χ3n) is 0.923. The van der Waals surface area contributed by atoms with E-state index in [0.717, 1.165) is 0 Å². The topological polar surface area (TPSA) is 167 Å². The molecule has 0 heterocycles. The van der Waals surface area contributed by atoms with Crippen LogP contribution in [-0.4, -0.2) is 37.9 Å². The summed E-state index contributed by atoms with van der Waals surface area (Å²) in [5.74, 6) is -3.15. The van der Waals surface area contributed by atoms with Gasteiger partial charge in [-0.2, -0.15) is 0 Å². The van der Waals surface area contributed by atoms with Gasteiger partial charge < -0.3 is 17.5 Å². The molecule has 0 aromatic rings. The second-order valence-electron chi connectivity index (χ2n) is 2.23. The first-order chi connectivity index (χ1) is 6.99. The van der Waals surface area contributed by atoms with E-state index in [1.54, 1.807) is 0 Å². The Morgan fingerprint density at radius 3 is 1.17 bits per heavy atom. The minimum absolute atomic E-state index is 0. The zero-order valence-corrected chi connectivity index (χ0v) is 11.4. The average molecular weight is 403 g/mol. The summed E-state index contributed by atoms with van der Waals surface area (Å²) in [6.07, 6.45) is -1.84. The molecule has 0 saturated heterocycles. The van der Waals surface area contributed by atoms with E-state index in [2.05, 4.69) is 8.37 Å². The molecule has 0 unspecified atom stereocenters. The smallest absolute Gasteiger partial charge is 0.716 e. The van der Waals surface area contributed by atoms with Crippen molar-refractivity contribution in [1.29, 1.82) is 0 Å². The Balaban J connectivity index is -0.00000112. The molecule has 0 bridgehead atoms. The minimum Gasteiger partial charge on any atom is -0.716 e. The fourth-order valence-corrected chi connectivity index (χ4v) is 1.14. The summed E-state index contributed by atoms with van der Waals surface area (Å²) in [7, 11) is -10.5. The van der Waals surface area contributed by atoms with Crippen molar-refractivity contribution < 1.29 is 78.0 Å². The first kappa shape index (κ1) is 22.9. The Kier molecular flexibility index (Phi) is 11.2. The van der Waals surface area contributed by atoms with Crippen LogP contribution in [0.25, 0.3) is 0 Å². The summed E-state index contributed by atoms with van der Waals surface area (Å²) in [5.41, 5.74) is 0. The van der Waals surface area contributed by atoms with Gasteiger partial charge in [-0.05, 0) is 0 Å². The van der Waals surface area contributed by atoms with Gasteiger partial charge in [0.15, 0.2) is 0 Å². The molecule has 0 radical (unpaired) electrons. The second-order valence-corrected chi connectivity index (χ2v) is 4.19. The van der Waals surface area contributed by atoms with E-state index in [0.29, 0.717) is 0 Å². The van der Waals surface area contributed by atoms with Crippen LogP contribution in [0.5, 0.6) is 0 Å². The van der Waals surface area contributed by atoms with Crippen molar-refractivity contribution in [2.45, 2.75) is 12.8 Å². The standard InChI is InChI=1S/C4H6O10S2.2Cu/c5-3(13-15(7,8)9)1-2-4(6)14-16(10,11)12;;/h1-2H2,(H,7,8,9)(H,10,11,12);;/q;2*+1/p-2. The van der Waals surface area contributed by atoms with Gasteiger partial charge >= 0.3 is 46.1 Å². The van der Waals surface area contributed by atoms with Crippen molar-refractivity contribution in [3.05, 3.63) is 0 Å². The summed E-state index contributed by atoms with van der Waals surface area (Å²) in [6, 6.07) is 0. The third-order valence-corrected chi connectivity index (χ3v) is 1.70. The monoisotopic (exact) mass is 402 g/mol. The Labute approximate surface area is 123 Å². The van der Waals surface area contributed by atoms with Crippen LogP contribution >= 0.6 is 0 Å². The maximum atomic E-state index is 10.5. The van der Waals surface area contributed by atoms with Gasteiger partial charge in [-0.15, -0.1) is 0 Å². The van der Waals surface area contributed by atoms with E-state index >= 15 is 0 Å². The van der Waals surface area contributed by atoms with Gasteiger partial charge in [-0.3, -0.25) is 9.59 Å². The molecule has 0 aromatic heterocycles. The quantitative estimate of drug-likeness (QED) is 0.278. The Morgan fingerprint density at radius 1 is 0.778 bits per heavy atom. The van der Waals surface area contributed by atoms with Crippen molar-refractivity contribution in [3.8, 4) is 0 Å². The molecule has 0 amide bonds. The van der Waals surface area contributed by atoms with Gasteiger partial charge in [0.2, 0.25) is 0 Å². The van der Waals surface area contributed by atoms with Gasteiger partial charge in [0.05, 0.1) is 12.8 Å². The molecule has 18 heavy (non-hydrogen) atoms. The molecule has 0 aliphatic heterocycles. The summed E-state index contributed by atoms with van der Waals surface area (Å²) < 4.78 is 65.6. The second kappa shape index (κ2) is 8.82. The molecule has 0 rings (SSSR count). The summed E-state index contributed by atoms with van der Waals surface area (Å²) in [6.45, 7) is 0. The first-order valence-corrected chi connectivity index (χ1v) is 6.02. The number of carbonyl (C=O) groups excluding carboxylic acids is 2. The molecule has 0 aromatic carbocycles. The van der Waals surface area contributed by atoms with E-state index in [-0.39, 0.29) is 34.1 Å². The summed E-state index contributed by atoms with van der Waals surface area (Å²) in [5, 5.41) is 0. The molecule has 0 fully saturated rings. The molecule has 0 N–H and O–H groups in total. The van der Waals surface area contributed by atoms with Crippen LogP contribution < -0.4 is 0 Å². The van der Waals surface area contributed by atoms with E-state index < -0.39 is 45.6 Å². The predicted octanol–water partition coefficient (Wildman–Crippen LogP) is -2.23. The molecule has 0 atom stereocenters. The van der Waals surface area contributed by atoms with E-state index in [9.17, 15) is 35.5 Å². The fourth-order valence-electron chi connectivity index (χ4n) is 0.515. The van der Waals surface area contributed by atoms with Crippen LogP contribution in [-0.2, 0) is 72.9 Å². The SMILES string of the molecule is O=C(CCC(=O)OS(=O)(=O)[O-])OS(=O)(=O)[O-].[Cu+].[Cu+]. The van der Waals surface area contributed by atoms with Crippen molar-refractivity contribution >= 4 is 32.7 Å². The van der Waals surface area contributed by atoms with Crippen molar-refractivity contribution in [1.82, 2.24) is 0 Å². The van der Waals surface area contributed by atoms with Crippen LogP contribution in [0.3, 0.4) is 0 Å². The Hall–Kier alpha value is -0.201. The van der Waals surface area contributed by atoms with E-state index in [1.165, 1.54) is 0 Å². The number of carbonyl (C=O) groups is 2. The fraction of sp³-hybridized carbons (Fsp3) is 0.500. The van der Waals surface area contributed by atoms with Gasteiger partial charge in [0.1, 0.15) is 0 Å². The maximum Gasteiger partial charge on any atom is 1.00 e. The molecule has 0 spiro atoms. The molecular weight excluding hydrogens is 399 g/mol. The average Bonchev–Trinajstić information content (AvgIpc) is 1.94. The number of rotatable bonds is 5. The molecule has 114 valence electrons. The van der Waals surface area contributed by atoms with Crippen molar-refractivity contribution in [3.63, 3.8) is 0 Å². The van der Waals surface area contributed by atoms with Gasteiger partial charge in [0.25, 0.3) is 20.8 Å². The molecule has 10 nitrogen and oxygen atoms in total. The van der Waals surface area contributed by atoms with Crippen LogP contribution in [0.2, 0.25) is 0 Å². The van der Waals surface area contributed by atoms with Gasteiger partial charge in [-0.1, -0.05) is 0 Å². The Morgan fingerprint density at radius 2 is 1.00 bits per heavy atom. The predicted molar refractivity (Wildman–Crippen MR) is 40.8 cm³/mol. The Bertz CT molecular complexity index is 432. The van der Waals surface area contributed by atoms with Crippen LogP contribution in [0.1, 0.15) is 12.8 Å². The zero-order valence-electron chi connectivity index (χ0n) is 7.92. The van der Waals surface area contributed by atoms with Crippen LogP contribution in [0.4, 0.5) is 0 Å². The molecule has 14 heteroatoms. The van der Waals surface area contributed by atoms with Gasteiger partial charge in [0, 0.05) is 0 Å². The van der Waals surface area contributed by atoms with Gasteiger partial charge in [-0.25, -0.2) is 16.8 Å². The maximum absolute atomic E-state index is 10.5. The largest absolute Gasteiger partial charge is 1.00 e. The summed E-state index contributed by atoms with van der Waals surface area (Å²) in [4.78, 5) is 21.0. The first-order valence-electron chi connectivity index (χ1n) is 3.36. The molecule has 0 saturated carbocycles. The molecule has 0 aliphatic rings. The normalized spacial score (nSPS) is 10.6. The van der Waals surface area contributed by atoms with Crippen molar-refractivity contribution in [2.75, 3.05) is 0 Å². The minimum atomic E-state index is -5.24. The number of hydrogen-bond donors (Lipinski definition) is 0. The van der Waals surface area contributed by atoms with E-state index in [1.807, 2.05) is 0 Å². The summed E-state index contributed by atoms with van der Waals surface area (Å²) >= 11 is 0. The molecular formula is C4H4Cu2O10S2. The van der Waals surface area contributed by atoms with E-state index in [4.69, 9.17) is 0 Å².